The van der Waals surface area contributed by atoms with Crippen LogP contribution in [0, 0.1) is 35.6 Å². The second kappa shape index (κ2) is 24.9. The first-order valence-corrected chi connectivity index (χ1v) is 14.9. The third kappa shape index (κ3) is 16.5. The van der Waals surface area contributed by atoms with E-state index in [1.54, 1.807) is 0 Å². The standard InChI is InChI=1S/5C7H6O5.Ca.La/c5*8-4-1-3(7(11)12)2-5(9)6(4)10;;/h5*1-2,8-10H,(H,11,12);;/q;;;;;+2;+3/p-5. The van der Waals surface area contributed by atoms with Crippen LogP contribution in [0.2, 0.25) is 0 Å². The molecule has 0 atom stereocenters. The summed E-state index contributed by atoms with van der Waals surface area (Å²) in [6.07, 6.45) is 0. The van der Waals surface area contributed by atoms with Crippen molar-refractivity contribution in [2.45, 2.75) is 0 Å². The van der Waals surface area contributed by atoms with Gasteiger partial charge in [0.2, 0.25) is 0 Å². The number of phenolic OH excluding ortho intramolecular Hbond substituents is 10. The first-order chi connectivity index (χ1) is 27.6. The summed E-state index contributed by atoms with van der Waals surface area (Å²) in [4.78, 5) is 51.5. The molecule has 0 aliphatic heterocycles. The van der Waals surface area contributed by atoms with Crippen molar-refractivity contribution in [3.63, 3.8) is 0 Å². The number of benzene rings is 5. The number of carboxylic acid groups (broad SMARTS) is 5. The van der Waals surface area contributed by atoms with E-state index in [0.717, 1.165) is 60.7 Å². The predicted molar refractivity (Wildman–Crippen MR) is 187 cm³/mol. The Balaban J connectivity index is 0. The Morgan fingerprint density at radius 3 is 0.419 bits per heavy atom. The molecule has 0 spiro atoms. The first kappa shape index (κ1) is 57.0. The summed E-state index contributed by atoms with van der Waals surface area (Å²) in [7, 11) is 0. The number of phenols is 10. The van der Waals surface area contributed by atoms with Gasteiger partial charge < -0.3 is 102 Å². The van der Waals surface area contributed by atoms with Crippen molar-refractivity contribution < 1.29 is 162 Å². The maximum atomic E-state index is 10.7. The van der Waals surface area contributed by atoms with E-state index < -0.39 is 116 Å². The zero-order valence-electron chi connectivity index (χ0n) is 30.3. The maximum Gasteiger partial charge on any atom is 3.00 e. The molecule has 15 N–H and O–H groups in total. The van der Waals surface area contributed by atoms with Gasteiger partial charge in [0.05, 0.1) is 27.8 Å². The topological polar surface area (TPSA) is 504 Å². The molecule has 25 nitrogen and oxygen atoms in total. The average molecular weight is 1020 g/mol. The van der Waals surface area contributed by atoms with E-state index in [0.29, 0.717) is 0 Å². The van der Waals surface area contributed by atoms with Crippen molar-refractivity contribution in [1.82, 2.24) is 0 Å². The molecular formula is C35H25CaLaO25. The van der Waals surface area contributed by atoms with Crippen molar-refractivity contribution in [2.24, 2.45) is 0 Å². The molecule has 0 aromatic heterocycles. The van der Waals surface area contributed by atoms with Crippen LogP contribution >= 0.6 is 0 Å². The molecule has 320 valence electrons. The first-order valence-electron chi connectivity index (χ1n) is 14.9. The number of hydrogen-bond acceptors (Lipinski definition) is 20. The second-order valence-electron chi connectivity index (χ2n) is 10.7. The molecule has 0 fully saturated rings. The summed E-state index contributed by atoms with van der Waals surface area (Å²) in [6.45, 7) is 0. The molecule has 62 heavy (non-hydrogen) atoms. The number of rotatable bonds is 5. The summed E-state index contributed by atoms with van der Waals surface area (Å²) in [5, 5.41) is 183. The third-order valence-electron chi connectivity index (χ3n) is 6.48. The minimum Gasteiger partial charge on any atom is -0.867 e. The van der Waals surface area contributed by atoms with Gasteiger partial charge in [-0.15, -0.1) is 0 Å². The normalized spacial score (nSPS) is 9.35. The van der Waals surface area contributed by atoms with Crippen LogP contribution < -0.4 is 25.5 Å². The quantitative estimate of drug-likeness (QED) is 0.0936. The maximum absolute atomic E-state index is 10.7. The minimum absolute atomic E-state index is 0. The zero-order chi connectivity index (χ0) is 46.5. The molecule has 0 unspecified atom stereocenters. The van der Waals surface area contributed by atoms with Crippen molar-refractivity contribution in [1.29, 1.82) is 0 Å². The summed E-state index contributed by atoms with van der Waals surface area (Å²) >= 11 is 0. The molecule has 27 heteroatoms. The van der Waals surface area contributed by atoms with Crippen molar-refractivity contribution in [2.75, 3.05) is 0 Å². The molecule has 5 aromatic carbocycles. The van der Waals surface area contributed by atoms with Crippen LogP contribution in [0.1, 0.15) is 51.8 Å². The Bertz CT molecular complexity index is 1940. The smallest absolute Gasteiger partial charge is 0.867 e. The molecule has 0 radical (unpaired) electrons. The van der Waals surface area contributed by atoms with E-state index in [1.807, 2.05) is 0 Å². The van der Waals surface area contributed by atoms with E-state index in [-0.39, 0.29) is 101 Å². The fourth-order valence-electron chi connectivity index (χ4n) is 3.61. The SMILES string of the molecule is O=C(O)c1cc(O)c([O-])c(O)c1.O=C(O)c1cc(O)c([O-])c(O)c1.O=C(O)c1cc(O)c([O-])c(O)c1.O=C(O)c1cc(O)c([O-])c(O)c1.O=C(O)c1cc(O)c([O-])c(O)c1.[Ca+2].[La+3]. The molecule has 0 saturated heterocycles. The van der Waals surface area contributed by atoms with Crippen molar-refractivity contribution in [3.05, 3.63) is 88.5 Å². The van der Waals surface area contributed by atoms with Crippen LogP contribution in [0.15, 0.2) is 60.7 Å². The molecule has 0 aliphatic carbocycles. The van der Waals surface area contributed by atoms with E-state index in [2.05, 4.69) is 0 Å². The van der Waals surface area contributed by atoms with Gasteiger partial charge in [0.25, 0.3) is 0 Å². The van der Waals surface area contributed by atoms with E-state index in [1.165, 1.54) is 0 Å². The van der Waals surface area contributed by atoms with Crippen LogP contribution in [0.4, 0.5) is 0 Å². The number of carbonyl (C=O) groups is 5. The zero-order valence-corrected chi connectivity index (χ0v) is 36.2. The van der Waals surface area contributed by atoms with Gasteiger partial charge in [0.1, 0.15) is 57.5 Å². The predicted octanol–water partition coefficient (Wildman–Crippen LogP) is -1.03. The molecular weight excluding hydrogens is 999 g/mol. The monoisotopic (exact) mass is 1020 g/mol. The van der Waals surface area contributed by atoms with Gasteiger partial charge in [-0.25, -0.2) is 24.0 Å². The van der Waals surface area contributed by atoms with Gasteiger partial charge in [-0.1, -0.05) is 0 Å². The fraction of sp³-hybridized carbons (Fsp3) is 0. The molecule has 0 saturated carbocycles. The Morgan fingerprint density at radius 2 is 0.355 bits per heavy atom. The van der Waals surface area contributed by atoms with Gasteiger partial charge in [-0.3, -0.25) is 0 Å². The van der Waals surface area contributed by atoms with E-state index in [4.69, 9.17) is 76.6 Å². The van der Waals surface area contributed by atoms with E-state index >= 15 is 0 Å². The number of carboxylic acids is 5. The molecule has 0 aliphatic rings. The second-order valence-corrected chi connectivity index (χ2v) is 10.7. The van der Waals surface area contributed by atoms with Gasteiger partial charge in [0, 0.05) is 0 Å². The van der Waals surface area contributed by atoms with Crippen LogP contribution in [0.5, 0.6) is 86.2 Å². The number of aromatic hydroxyl groups is 10. The Morgan fingerprint density at radius 1 is 0.274 bits per heavy atom. The Hall–Kier alpha value is -7.10. The van der Waals surface area contributed by atoms with Crippen molar-refractivity contribution >= 4 is 67.6 Å². The molecule has 5 aromatic rings. The number of aromatic carboxylic acids is 5. The van der Waals surface area contributed by atoms with Gasteiger partial charge >= 0.3 is 103 Å². The van der Waals surface area contributed by atoms with E-state index in [9.17, 15) is 49.5 Å². The summed E-state index contributed by atoms with van der Waals surface area (Å²) < 4.78 is 0. The summed E-state index contributed by atoms with van der Waals surface area (Å²) in [5.74, 6) is -19.2. The minimum atomic E-state index is -1.32. The summed E-state index contributed by atoms with van der Waals surface area (Å²) in [5.41, 5.74) is -1.65. The van der Waals surface area contributed by atoms with Crippen LogP contribution in [0.25, 0.3) is 0 Å². The Labute approximate surface area is 400 Å². The van der Waals surface area contributed by atoms with Crippen LogP contribution in [-0.2, 0) is 0 Å². The third-order valence-corrected chi connectivity index (χ3v) is 6.48. The van der Waals surface area contributed by atoms with Crippen molar-refractivity contribution in [3.8, 4) is 86.2 Å². The fourth-order valence-corrected chi connectivity index (χ4v) is 3.61. The molecule has 0 bridgehead atoms. The van der Waals surface area contributed by atoms with Crippen LogP contribution in [-0.4, -0.2) is 144 Å². The molecule has 5 rings (SSSR count). The van der Waals surface area contributed by atoms with Gasteiger partial charge in [-0.2, -0.15) is 0 Å². The number of hydrogen-bond donors (Lipinski definition) is 15. The van der Waals surface area contributed by atoms with Gasteiger partial charge in [0.15, 0.2) is 0 Å². The molecule has 0 heterocycles. The van der Waals surface area contributed by atoms with Crippen LogP contribution in [0.3, 0.4) is 0 Å². The summed E-state index contributed by atoms with van der Waals surface area (Å²) in [6, 6.07) is 7.82. The Kier molecular flexibility index (Phi) is 22.9. The van der Waals surface area contributed by atoms with Gasteiger partial charge in [-0.05, 0) is 89.4 Å². The largest absolute Gasteiger partial charge is 3.00 e. The molecule has 0 amide bonds. The average Bonchev–Trinajstić information content (AvgIpc) is 3.15.